The van der Waals surface area contributed by atoms with Crippen molar-refractivity contribution in [3.63, 3.8) is 0 Å². The van der Waals surface area contributed by atoms with Crippen molar-refractivity contribution in [3.05, 3.63) is 42.0 Å². The van der Waals surface area contributed by atoms with Crippen LogP contribution in [0.2, 0.25) is 0 Å². The van der Waals surface area contributed by atoms with Gasteiger partial charge >= 0.3 is 11.9 Å². The van der Waals surface area contributed by atoms with Crippen molar-refractivity contribution < 1.29 is 19.1 Å². The number of hydrogen-bond acceptors (Lipinski definition) is 4. The number of allylic oxidation sites excluding steroid dienone is 1. The minimum Gasteiger partial charge on any atom is -0.468 e. The fourth-order valence-corrected chi connectivity index (χ4v) is 2.14. The first kappa shape index (κ1) is 16.4. The monoisotopic (exact) mass is 340 g/mol. The summed E-state index contributed by atoms with van der Waals surface area (Å²) in [4.78, 5) is 23.6. The molecule has 0 atom stereocenters. The smallest absolute Gasteiger partial charge is 0.323 e. The van der Waals surface area contributed by atoms with E-state index in [4.69, 9.17) is 9.47 Å². The Morgan fingerprint density at radius 2 is 1.65 bits per heavy atom. The van der Waals surface area contributed by atoms with E-state index in [0.29, 0.717) is 0 Å². The molecule has 4 nitrogen and oxygen atoms in total. The first-order chi connectivity index (χ1) is 9.45. The van der Waals surface area contributed by atoms with E-state index in [-0.39, 0.29) is 6.42 Å². The van der Waals surface area contributed by atoms with Crippen LogP contribution in [0.3, 0.4) is 0 Å². The summed E-state index contributed by atoms with van der Waals surface area (Å²) in [5.41, 5.74) is -0.387. The highest BCUT2D eigenvalue weighted by atomic mass is 79.9. The van der Waals surface area contributed by atoms with Crippen LogP contribution in [0.1, 0.15) is 18.9 Å². The average molecular weight is 341 g/mol. The van der Waals surface area contributed by atoms with Crippen molar-refractivity contribution in [2.24, 2.45) is 5.41 Å². The fraction of sp³-hybridized carbons (Fsp3) is 0.333. The van der Waals surface area contributed by atoms with Crippen LogP contribution >= 0.6 is 15.9 Å². The van der Waals surface area contributed by atoms with Gasteiger partial charge in [0.05, 0.1) is 14.2 Å². The van der Waals surface area contributed by atoms with Crippen LogP contribution in [0.5, 0.6) is 0 Å². The lowest BCUT2D eigenvalue weighted by Crippen LogP contribution is -2.38. The number of halogens is 1. The number of hydrogen-bond donors (Lipinski definition) is 0. The molecule has 1 aromatic rings. The molecule has 0 unspecified atom stereocenters. The largest absolute Gasteiger partial charge is 0.468 e. The minimum absolute atomic E-state index is 0.182. The number of esters is 2. The lowest BCUT2D eigenvalue weighted by molar-refractivity contribution is -0.167. The molecule has 0 fully saturated rings. The first-order valence-corrected chi connectivity index (χ1v) is 6.83. The Labute approximate surface area is 126 Å². The lowest BCUT2D eigenvalue weighted by atomic mass is 9.86. The first-order valence-electron chi connectivity index (χ1n) is 6.03. The molecule has 1 rings (SSSR count). The number of ether oxygens (including phenoxy) is 2. The maximum atomic E-state index is 11.8. The van der Waals surface area contributed by atoms with Gasteiger partial charge in [-0.3, -0.25) is 9.59 Å². The number of rotatable bonds is 5. The zero-order valence-corrected chi connectivity index (χ0v) is 13.3. The van der Waals surface area contributed by atoms with E-state index >= 15 is 0 Å². The van der Waals surface area contributed by atoms with Crippen LogP contribution in [-0.2, 0) is 19.1 Å². The molecule has 0 aliphatic rings. The van der Waals surface area contributed by atoms with Crippen molar-refractivity contribution in [3.8, 4) is 0 Å². The van der Waals surface area contributed by atoms with Gasteiger partial charge in [0.2, 0.25) is 0 Å². The third-order valence-electron chi connectivity index (χ3n) is 3.01. The summed E-state index contributed by atoms with van der Waals surface area (Å²) < 4.78 is 10.2. The summed E-state index contributed by atoms with van der Waals surface area (Å²) in [7, 11) is 2.50. The number of methoxy groups -OCH3 is 2. The second-order valence-electron chi connectivity index (χ2n) is 4.44. The Morgan fingerprint density at radius 3 is 2.10 bits per heavy atom. The lowest BCUT2D eigenvalue weighted by Gasteiger charge is -2.22. The molecular formula is C15H17BrO4. The Kier molecular flexibility index (Phi) is 5.95. The Morgan fingerprint density at radius 1 is 1.15 bits per heavy atom. The van der Waals surface area contributed by atoms with Crippen molar-refractivity contribution in [1.82, 2.24) is 0 Å². The van der Waals surface area contributed by atoms with E-state index in [2.05, 4.69) is 15.9 Å². The van der Waals surface area contributed by atoms with E-state index < -0.39 is 17.4 Å². The average Bonchev–Trinajstić information content (AvgIpc) is 2.51. The molecule has 0 aliphatic carbocycles. The van der Waals surface area contributed by atoms with Crippen LogP contribution in [0.15, 0.2) is 36.4 Å². The highest BCUT2D eigenvalue weighted by molar-refractivity contribution is 9.15. The van der Waals surface area contributed by atoms with Crippen molar-refractivity contribution in [2.45, 2.75) is 13.3 Å². The van der Waals surface area contributed by atoms with Crippen LogP contribution in [0.25, 0.3) is 4.48 Å². The van der Waals surface area contributed by atoms with Crippen molar-refractivity contribution in [2.75, 3.05) is 14.2 Å². The van der Waals surface area contributed by atoms with E-state index in [1.165, 1.54) is 21.1 Å². The summed E-state index contributed by atoms with van der Waals surface area (Å²) in [6, 6.07) is 9.58. The van der Waals surface area contributed by atoms with Crippen molar-refractivity contribution >= 4 is 32.4 Å². The standard InChI is InChI=1S/C15H17BrO4/c1-15(13(17)19-2,14(18)20-3)10-9-12(16)11-7-5-4-6-8-11/h4-9H,10H2,1-3H3/b12-9+. The molecule has 0 aliphatic heterocycles. The van der Waals surface area contributed by atoms with Gasteiger partial charge in [0.1, 0.15) is 0 Å². The highest BCUT2D eigenvalue weighted by Crippen LogP contribution is 2.30. The van der Waals surface area contributed by atoms with Gasteiger partial charge in [-0.25, -0.2) is 0 Å². The number of carbonyl (C=O) groups excluding carboxylic acids is 2. The van der Waals surface area contributed by atoms with E-state index in [0.717, 1.165) is 10.0 Å². The molecule has 0 saturated carbocycles. The maximum Gasteiger partial charge on any atom is 0.323 e. The molecule has 0 amide bonds. The maximum absolute atomic E-state index is 11.8. The zero-order chi connectivity index (χ0) is 15.2. The summed E-state index contributed by atoms with van der Waals surface area (Å²) in [5, 5.41) is 0. The highest BCUT2D eigenvalue weighted by Gasteiger charge is 2.42. The number of carbonyl (C=O) groups is 2. The predicted molar refractivity (Wildman–Crippen MR) is 80.1 cm³/mol. The predicted octanol–water partition coefficient (Wildman–Crippen LogP) is 3.16. The molecule has 5 heteroatoms. The second kappa shape index (κ2) is 7.24. The Bertz CT molecular complexity index is 492. The Hall–Kier alpha value is -1.62. The summed E-state index contributed by atoms with van der Waals surface area (Å²) in [6.07, 6.45) is 1.95. The topological polar surface area (TPSA) is 52.6 Å². The third-order valence-corrected chi connectivity index (χ3v) is 3.79. The van der Waals surface area contributed by atoms with Crippen LogP contribution in [0, 0.1) is 5.41 Å². The Balaban J connectivity index is 2.97. The summed E-state index contributed by atoms with van der Waals surface area (Å²) in [6.45, 7) is 1.51. The molecule has 0 N–H and O–H groups in total. The van der Waals surface area contributed by atoms with Gasteiger partial charge in [-0.15, -0.1) is 0 Å². The quantitative estimate of drug-likeness (QED) is 0.610. The molecule has 20 heavy (non-hydrogen) atoms. The second-order valence-corrected chi connectivity index (χ2v) is 5.29. The van der Waals surface area contributed by atoms with E-state index in [1.54, 1.807) is 6.08 Å². The van der Waals surface area contributed by atoms with Gasteiger partial charge in [0.25, 0.3) is 0 Å². The van der Waals surface area contributed by atoms with Gasteiger partial charge in [-0.05, 0) is 18.9 Å². The van der Waals surface area contributed by atoms with Crippen molar-refractivity contribution in [1.29, 1.82) is 0 Å². The summed E-state index contributed by atoms with van der Waals surface area (Å²) in [5.74, 6) is -1.23. The summed E-state index contributed by atoms with van der Waals surface area (Å²) >= 11 is 3.44. The van der Waals surface area contributed by atoms with Gasteiger partial charge in [0, 0.05) is 4.48 Å². The van der Waals surface area contributed by atoms with Gasteiger partial charge in [0.15, 0.2) is 5.41 Å². The molecule has 0 radical (unpaired) electrons. The molecule has 108 valence electrons. The third kappa shape index (κ3) is 3.70. The van der Waals surface area contributed by atoms with Gasteiger partial charge in [-0.2, -0.15) is 0 Å². The molecule has 0 heterocycles. The van der Waals surface area contributed by atoms with E-state index in [1.807, 2.05) is 30.3 Å². The van der Waals surface area contributed by atoms with Crippen LogP contribution < -0.4 is 0 Å². The van der Waals surface area contributed by atoms with Gasteiger partial charge < -0.3 is 9.47 Å². The molecule has 0 bridgehead atoms. The molecule has 0 saturated heterocycles. The SMILES string of the molecule is COC(=O)C(C)(C/C=C(/Br)c1ccccc1)C(=O)OC. The van der Waals surface area contributed by atoms with E-state index in [9.17, 15) is 9.59 Å². The molecule has 1 aromatic carbocycles. The molecular weight excluding hydrogens is 324 g/mol. The van der Waals surface area contributed by atoms with Crippen LogP contribution in [0.4, 0.5) is 0 Å². The minimum atomic E-state index is -1.35. The number of benzene rings is 1. The molecule has 0 aromatic heterocycles. The fourth-order valence-electron chi connectivity index (χ4n) is 1.71. The van der Waals surface area contributed by atoms with Gasteiger partial charge in [-0.1, -0.05) is 52.3 Å². The molecule has 0 spiro atoms. The zero-order valence-electron chi connectivity index (χ0n) is 11.7. The van der Waals surface area contributed by atoms with Crippen LogP contribution in [-0.4, -0.2) is 26.2 Å². The normalized spacial score (nSPS) is 11.9.